The zero-order valence-electron chi connectivity index (χ0n) is 10.7. The molecule has 1 heterocycles. The fourth-order valence-corrected chi connectivity index (χ4v) is 1.99. The van der Waals surface area contributed by atoms with Crippen molar-refractivity contribution in [3.05, 3.63) is 65.5 Å². The predicted molar refractivity (Wildman–Crippen MR) is 70.7 cm³/mol. The van der Waals surface area contributed by atoms with E-state index >= 15 is 0 Å². The molecular weight excluding hydrogens is 246 g/mol. The summed E-state index contributed by atoms with van der Waals surface area (Å²) < 4.78 is 27.2. The Morgan fingerprint density at radius 2 is 2.00 bits per heavy atom. The van der Waals surface area contributed by atoms with E-state index in [9.17, 15) is 8.78 Å². The fourth-order valence-electron chi connectivity index (χ4n) is 1.99. The zero-order chi connectivity index (χ0) is 13.7. The summed E-state index contributed by atoms with van der Waals surface area (Å²) in [6.07, 6.45) is 3.61. The van der Waals surface area contributed by atoms with Crippen LogP contribution in [-0.4, -0.2) is 11.5 Å². The molecule has 0 fully saturated rings. The summed E-state index contributed by atoms with van der Waals surface area (Å²) in [7, 11) is 0. The smallest absolute Gasteiger partial charge is 0.141 e. The summed E-state index contributed by atoms with van der Waals surface area (Å²) in [5.41, 5.74) is 1.13. The molecule has 1 aromatic heterocycles. The molecule has 100 valence electrons. The number of aromatic nitrogens is 1. The summed E-state index contributed by atoms with van der Waals surface area (Å²) >= 11 is 0. The number of rotatable bonds is 5. The van der Waals surface area contributed by atoms with Gasteiger partial charge in [-0.25, -0.2) is 8.78 Å². The van der Waals surface area contributed by atoms with Gasteiger partial charge in [0.2, 0.25) is 0 Å². The standard InChI is InChI=1S/C15H16F2N2/c1-2-7-19-15(11-8-12(16)10-18-9-11)13-5-3-4-6-14(13)17/h3-6,8-10,15,19H,2,7H2,1H3. The van der Waals surface area contributed by atoms with Crippen molar-refractivity contribution >= 4 is 0 Å². The molecule has 2 aromatic rings. The number of nitrogens with one attached hydrogen (secondary N) is 1. The fraction of sp³-hybridized carbons (Fsp3) is 0.267. The predicted octanol–water partition coefficient (Wildman–Crippen LogP) is 3.45. The number of nitrogens with zero attached hydrogens (tertiary/aromatic N) is 1. The van der Waals surface area contributed by atoms with Crippen LogP contribution in [0.2, 0.25) is 0 Å². The first-order valence-corrected chi connectivity index (χ1v) is 6.30. The van der Waals surface area contributed by atoms with E-state index in [-0.39, 0.29) is 11.9 Å². The second kappa shape index (κ2) is 6.38. The van der Waals surface area contributed by atoms with E-state index in [1.54, 1.807) is 24.4 Å². The van der Waals surface area contributed by atoms with Crippen LogP contribution in [-0.2, 0) is 0 Å². The summed E-state index contributed by atoms with van der Waals surface area (Å²) in [5, 5.41) is 3.22. The molecule has 1 unspecified atom stereocenters. The van der Waals surface area contributed by atoms with Crippen molar-refractivity contribution < 1.29 is 8.78 Å². The van der Waals surface area contributed by atoms with E-state index in [0.29, 0.717) is 11.1 Å². The Labute approximate surface area is 111 Å². The first-order chi connectivity index (χ1) is 9.22. The highest BCUT2D eigenvalue weighted by Gasteiger charge is 2.17. The van der Waals surface area contributed by atoms with Crippen LogP contribution in [0.4, 0.5) is 8.78 Å². The number of pyridine rings is 1. The molecule has 0 saturated heterocycles. The van der Waals surface area contributed by atoms with Crippen molar-refractivity contribution in [2.75, 3.05) is 6.54 Å². The first-order valence-electron chi connectivity index (χ1n) is 6.30. The molecule has 1 aromatic carbocycles. The Morgan fingerprint density at radius 3 is 2.68 bits per heavy atom. The molecule has 2 rings (SSSR count). The van der Waals surface area contributed by atoms with Crippen molar-refractivity contribution in [3.8, 4) is 0 Å². The van der Waals surface area contributed by atoms with Gasteiger partial charge in [0.25, 0.3) is 0 Å². The monoisotopic (exact) mass is 262 g/mol. The Bertz CT molecular complexity index is 543. The normalized spacial score (nSPS) is 12.4. The topological polar surface area (TPSA) is 24.9 Å². The molecule has 4 heteroatoms. The van der Waals surface area contributed by atoms with Crippen molar-refractivity contribution in [3.63, 3.8) is 0 Å². The minimum absolute atomic E-state index is 0.305. The molecular formula is C15H16F2N2. The van der Waals surface area contributed by atoms with Gasteiger partial charge in [-0.05, 0) is 30.7 Å². The van der Waals surface area contributed by atoms with Crippen LogP contribution in [0.3, 0.4) is 0 Å². The number of hydrogen-bond donors (Lipinski definition) is 1. The van der Waals surface area contributed by atoms with Gasteiger partial charge >= 0.3 is 0 Å². The molecule has 0 radical (unpaired) electrons. The third kappa shape index (κ3) is 3.35. The van der Waals surface area contributed by atoms with E-state index in [1.165, 1.54) is 12.1 Å². The minimum Gasteiger partial charge on any atom is -0.306 e. The number of benzene rings is 1. The molecule has 0 aliphatic rings. The van der Waals surface area contributed by atoms with Crippen LogP contribution in [0.25, 0.3) is 0 Å². The molecule has 2 nitrogen and oxygen atoms in total. The number of halogens is 2. The maximum Gasteiger partial charge on any atom is 0.141 e. The van der Waals surface area contributed by atoms with Gasteiger partial charge in [0, 0.05) is 11.8 Å². The molecule has 19 heavy (non-hydrogen) atoms. The van der Waals surface area contributed by atoms with Crippen molar-refractivity contribution in [2.24, 2.45) is 0 Å². The van der Waals surface area contributed by atoms with Gasteiger partial charge in [0.1, 0.15) is 11.6 Å². The highest BCUT2D eigenvalue weighted by atomic mass is 19.1. The lowest BCUT2D eigenvalue weighted by Gasteiger charge is -2.19. The van der Waals surface area contributed by atoms with Gasteiger partial charge in [-0.1, -0.05) is 25.1 Å². The Hall–Kier alpha value is -1.81. The van der Waals surface area contributed by atoms with Crippen molar-refractivity contribution in [2.45, 2.75) is 19.4 Å². The van der Waals surface area contributed by atoms with E-state index in [0.717, 1.165) is 19.2 Å². The Morgan fingerprint density at radius 1 is 1.21 bits per heavy atom. The van der Waals surface area contributed by atoms with Gasteiger partial charge in [-0.3, -0.25) is 4.98 Å². The SMILES string of the molecule is CCCNC(c1cncc(F)c1)c1ccccc1F. The van der Waals surface area contributed by atoms with E-state index in [4.69, 9.17) is 0 Å². The molecule has 0 bridgehead atoms. The molecule has 1 N–H and O–H groups in total. The van der Waals surface area contributed by atoms with Gasteiger partial charge in [0.15, 0.2) is 0 Å². The molecule has 1 atom stereocenters. The second-order valence-corrected chi connectivity index (χ2v) is 4.35. The van der Waals surface area contributed by atoms with Gasteiger partial charge in [-0.15, -0.1) is 0 Å². The van der Waals surface area contributed by atoms with Crippen LogP contribution < -0.4 is 5.32 Å². The zero-order valence-corrected chi connectivity index (χ0v) is 10.7. The molecule has 0 aliphatic carbocycles. The van der Waals surface area contributed by atoms with Crippen LogP contribution in [0.5, 0.6) is 0 Å². The van der Waals surface area contributed by atoms with Crippen molar-refractivity contribution in [1.82, 2.24) is 10.3 Å². The van der Waals surface area contributed by atoms with Gasteiger partial charge in [-0.2, -0.15) is 0 Å². The van der Waals surface area contributed by atoms with Crippen LogP contribution in [0, 0.1) is 11.6 Å². The largest absolute Gasteiger partial charge is 0.306 e. The maximum atomic E-state index is 13.9. The third-order valence-corrected chi connectivity index (χ3v) is 2.87. The third-order valence-electron chi connectivity index (χ3n) is 2.87. The lowest BCUT2D eigenvalue weighted by molar-refractivity contribution is 0.541. The van der Waals surface area contributed by atoms with Crippen molar-refractivity contribution in [1.29, 1.82) is 0 Å². The maximum absolute atomic E-state index is 13.9. The van der Waals surface area contributed by atoms with Gasteiger partial charge in [0.05, 0.1) is 12.2 Å². The molecule has 0 saturated carbocycles. The molecule has 0 spiro atoms. The first kappa shape index (κ1) is 13.6. The van der Waals surface area contributed by atoms with Crippen LogP contribution in [0.15, 0.2) is 42.7 Å². The Kier molecular flexibility index (Phi) is 4.58. The number of hydrogen-bond acceptors (Lipinski definition) is 2. The second-order valence-electron chi connectivity index (χ2n) is 4.35. The highest BCUT2D eigenvalue weighted by Crippen LogP contribution is 2.24. The average molecular weight is 262 g/mol. The lowest BCUT2D eigenvalue weighted by atomic mass is 9.99. The highest BCUT2D eigenvalue weighted by molar-refractivity contribution is 5.31. The van der Waals surface area contributed by atoms with Crippen LogP contribution >= 0.6 is 0 Å². The average Bonchev–Trinajstić information content (AvgIpc) is 2.41. The lowest BCUT2D eigenvalue weighted by Crippen LogP contribution is -2.24. The van der Waals surface area contributed by atoms with E-state index in [1.807, 2.05) is 6.92 Å². The van der Waals surface area contributed by atoms with Gasteiger partial charge < -0.3 is 5.32 Å². The Balaban J connectivity index is 2.38. The minimum atomic E-state index is -0.419. The summed E-state index contributed by atoms with van der Waals surface area (Å²) in [6, 6.07) is 7.51. The van der Waals surface area contributed by atoms with E-state index < -0.39 is 5.82 Å². The molecule has 0 amide bonds. The summed E-state index contributed by atoms with van der Waals surface area (Å²) in [4.78, 5) is 3.83. The summed E-state index contributed by atoms with van der Waals surface area (Å²) in [6.45, 7) is 2.74. The molecule has 0 aliphatic heterocycles. The summed E-state index contributed by atoms with van der Waals surface area (Å²) in [5.74, 6) is -0.725. The quantitative estimate of drug-likeness (QED) is 0.892. The van der Waals surface area contributed by atoms with E-state index in [2.05, 4.69) is 10.3 Å². The van der Waals surface area contributed by atoms with Crippen LogP contribution in [0.1, 0.15) is 30.5 Å².